The largest absolute Gasteiger partial charge is 0.372 e. The van der Waals surface area contributed by atoms with E-state index >= 15 is 0 Å². The molecule has 1 heterocycles. The molecule has 62 valence electrons. The van der Waals surface area contributed by atoms with Gasteiger partial charge in [0.1, 0.15) is 0 Å². The molecular weight excluding hydrogens is 138 g/mol. The normalized spacial score (nSPS) is 22.3. The van der Waals surface area contributed by atoms with E-state index in [9.17, 15) is 0 Å². The van der Waals surface area contributed by atoms with E-state index in [1.165, 1.54) is 0 Å². The molecule has 11 heavy (non-hydrogen) atoms. The first-order chi connectivity index (χ1) is 5.24. The topological polar surface area (TPSA) is 15.8 Å². The number of epoxide rings is 1. The second kappa shape index (κ2) is 3.75. The van der Waals surface area contributed by atoms with Gasteiger partial charge in [0.15, 0.2) is 0 Å². The summed E-state index contributed by atoms with van der Waals surface area (Å²) in [6.07, 6.45) is 5.68. The fourth-order valence-corrected chi connectivity index (χ4v) is 1.01. The Bertz CT molecular complexity index is 155. The average Bonchev–Trinajstić information content (AvgIpc) is 2.70. The van der Waals surface area contributed by atoms with Crippen LogP contribution in [0.25, 0.3) is 0 Å². The van der Waals surface area contributed by atoms with Crippen molar-refractivity contribution < 1.29 is 4.74 Å². The van der Waals surface area contributed by atoms with Crippen molar-refractivity contribution >= 4 is 0 Å². The van der Waals surface area contributed by atoms with Crippen molar-refractivity contribution in [2.24, 2.45) is 0 Å². The molecule has 0 radical (unpaired) electrons. The minimum absolute atomic E-state index is 0.450. The lowest BCUT2D eigenvalue weighted by atomic mass is 10.3. The lowest BCUT2D eigenvalue weighted by molar-refractivity contribution is 0.222. The molecule has 0 bridgehead atoms. The third-order valence-corrected chi connectivity index (χ3v) is 1.87. The summed E-state index contributed by atoms with van der Waals surface area (Å²) >= 11 is 0. The first-order valence-corrected chi connectivity index (χ1v) is 4.03. The van der Waals surface area contributed by atoms with Gasteiger partial charge in [-0.25, -0.2) is 0 Å². The maximum Gasteiger partial charge on any atom is 0.0936 e. The molecule has 0 spiro atoms. The number of terminal acetylenes is 1. The van der Waals surface area contributed by atoms with E-state index in [-0.39, 0.29) is 0 Å². The smallest absolute Gasteiger partial charge is 0.0936 e. The standard InChI is InChI=1S/C9H15NO/c1-4-5-10(8(2)3)6-9-7-11-9/h1,8-9H,5-7H2,2-3H3. The lowest BCUT2D eigenvalue weighted by Gasteiger charge is -2.22. The molecule has 0 saturated carbocycles. The second-order valence-corrected chi connectivity index (χ2v) is 3.18. The van der Waals surface area contributed by atoms with Crippen molar-refractivity contribution in [1.29, 1.82) is 0 Å². The van der Waals surface area contributed by atoms with Gasteiger partial charge in [-0.05, 0) is 13.8 Å². The number of hydrogen-bond donors (Lipinski definition) is 0. The van der Waals surface area contributed by atoms with Crippen molar-refractivity contribution in [3.63, 3.8) is 0 Å². The van der Waals surface area contributed by atoms with Gasteiger partial charge in [0, 0.05) is 12.6 Å². The molecule has 0 aromatic heterocycles. The summed E-state index contributed by atoms with van der Waals surface area (Å²) in [5.41, 5.74) is 0. The Balaban J connectivity index is 2.26. The maximum atomic E-state index is 5.23. The van der Waals surface area contributed by atoms with Crippen LogP contribution in [0.1, 0.15) is 13.8 Å². The highest BCUT2D eigenvalue weighted by Gasteiger charge is 2.25. The van der Waals surface area contributed by atoms with E-state index in [0.29, 0.717) is 12.1 Å². The molecule has 0 aromatic rings. The van der Waals surface area contributed by atoms with E-state index < -0.39 is 0 Å². The van der Waals surface area contributed by atoms with Crippen LogP contribution < -0.4 is 0 Å². The minimum Gasteiger partial charge on any atom is -0.372 e. The van der Waals surface area contributed by atoms with Crippen LogP contribution >= 0.6 is 0 Å². The van der Waals surface area contributed by atoms with Crippen molar-refractivity contribution in [3.05, 3.63) is 0 Å². The molecule has 1 rings (SSSR count). The Morgan fingerprint density at radius 1 is 1.73 bits per heavy atom. The predicted molar refractivity (Wildman–Crippen MR) is 45.3 cm³/mol. The SMILES string of the molecule is C#CCN(CC1CO1)C(C)C. The number of rotatable bonds is 4. The summed E-state index contributed by atoms with van der Waals surface area (Å²) < 4.78 is 5.13. The van der Waals surface area contributed by atoms with Crippen molar-refractivity contribution in [2.75, 3.05) is 19.7 Å². The van der Waals surface area contributed by atoms with E-state index in [1.54, 1.807) is 0 Å². The van der Waals surface area contributed by atoms with Gasteiger partial charge in [-0.15, -0.1) is 6.42 Å². The van der Waals surface area contributed by atoms with Crippen LogP contribution in [0.5, 0.6) is 0 Å². The van der Waals surface area contributed by atoms with E-state index in [4.69, 9.17) is 11.2 Å². The molecule has 0 N–H and O–H groups in total. The number of hydrogen-bond acceptors (Lipinski definition) is 2. The highest BCUT2D eigenvalue weighted by Crippen LogP contribution is 2.12. The summed E-state index contributed by atoms with van der Waals surface area (Å²) in [4.78, 5) is 2.25. The average molecular weight is 153 g/mol. The van der Waals surface area contributed by atoms with Crippen LogP contribution in [0.3, 0.4) is 0 Å². The molecule has 0 aliphatic carbocycles. The Morgan fingerprint density at radius 3 is 2.73 bits per heavy atom. The third-order valence-electron chi connectivity index (χ3n) is 1.87. The van der Waals surface area contributed by atoms with Crippen LogP contribution in [-0.2, 0) is 4.74 Å². The molecule has 0 amide bonds. The van der Waals surface area contributed by atoms with Crippen LogP contribution in [-0.4, -0.2) is 36.7 Å². The molecule has 1 fully saturated rings. The van der Waals surface area contributed by atoms with E-state index in [0.717, 1.165) is 19.7 Å². The molecule has 1 saturated heterocycles. The first kappa shape index (κ1) is 8.58. The summed E-state index contributed by atoms with van der Waals surface area (Å²) in [5.74, 6) is 2.65. The van der Waals surface area contributed by atoms with Gasteiger partial charge in [0.2, 0.25) is 0 Å². The third kappa shape index (κ3) is 2.92. The summed E-state index contributed by atoms with van der Waals surface area (Å²) in [5, 5.41) is 0. The zero-order chi connectivity index (χ0) is 8.27. The van der Waals surface area contributed by atoms with Crippen molar-refractivity contribution in [1.82, 2.24) is 4.90 Å². The molecule has 1 aliphatic heterocycles. The molecule has 1 atom stereocenters. The van der Waals surface area contributed by atoms with Gasteiger partial charge >= 0.3 is 0 Å². The zero-order valence-electron chi connectivity index (χ0n) is 7.21. The van der Waals surface area contributed by atoms with Crippen molar-refractivity contribution in [3.8, 4) is 12.3 Å². The van der Waals surface area contributed by atoms with Gasteiger partial charge in [0.05, 0.1) is 19.3 Å². The Hall–Kier alpha value is -0.520. The summed E-state index contributed by atoms with van der Waals surface area (Å²) in [7, 11) is 0. The summed E-state index contributed by atoms with van der Waals surface area (Å²) in [6.45, 7) is 6.94. The van der Waals surface area contributed by atoms with E-state index in [2.05, 4.69) is 24.7 Å². The number of nitrogens with zero attached hydrogens (tertiary/aromatic N) is 1. The van der Waals surface area contributed by atoms with Crippen LogP contribution in [0.15, 0.2) is 0 Å². The molecule has 2 heteroatoms. The summed E-state index contributed by atoms with van der Waals surface area (Å²) in [6, 6.07) is 0.523. The van der Waals surface area contributed by atoms with Gasteiger partial charge in [-0.1, -0.05) is 5.92 Å². The fourth-order valence-electron chi connectivity index (χ4n) is 1.01. The Labute approximate surface area is 68.5 Å². The second-order valence-electron chi connectivity index (χ2n) is 3.18. The lowest BCUT2D eigenvalue weighted by Crippen LogP contribution is -2.34. The monoisotopic (exact) mass is 153 g/mol. The van der Waals surface area contributed by atoms with Crippen LogP contribution in [0.2, 0.25) is 0 Å². The quantitative estimate of drug-likeness (QED) is 0.437. The zero-order valence-corrected chi connectivity index (χ0v) is 7.21. The molecule has 0 aromatic carbocycles. The fraction of sp³-hybridized carbons (Fsp3) is 0.778. The predicted octanol–water partition coefficient (Wildman–Crippen LogP) is 0.729. The number of ether oxygens (including phenoxy) is 1. The van der Waals surface area contributed by atoms with Gasteiger partial charge < -0.3 is 4.74 Å². The Kier molecular flexibility index (Phi) is 2.92. The molecule has 1 aliphatic rings. The molecular formula is C9H15NO. The minimum atomic E-state index is 0.450. The Morgan fingerprint density at radius 2 is 2.36 bits per heavy atom. The first-order valence-electron chi connectivity index (χ1n) is 4.03. The van der Waals surface area contributed by atoms with E-state index in [1.807, 2.05) is 0 Å². The van der Waals surface area contributed by atoms with Crippen LogP contribution in [0, 0.1) is 12.3 Å². The van der Waals surface area contributed by atoms with Crippen LogP contribution in [0.4, 0.5) is 0 Å². The van der Waals surface area contributed by atoms with Crippen molar-refractivity contribution in [2.45, 2.75) is 26.0 Å². The highest BCUT2D eigenvalue weighted by atomic mass is 16.6. The molecule has 2 nitrogen and oxygen atoms in total. The maximum absolute atomic E-state index is 5.23. The highest BCUT2D eigenvalue weighted by molar-refractivity contribution is 4.90. The molecule has 1 unspecified atom stereocenters. The van der Waals surface area contributed by atoms with Gasteiger partial charge in [-0.2, -0.15) is 0 Å². The van der Waals surface area contributed by atoms with Gasteiger partial charge in [-0.3, -0.25) is 4.90 Å². The van der Waals surface area contributed by atoms with Gasteiger partial charge in [0.25, 0.3) is 0 Å².